The highest BCUT2D eigenvalue weighted by molar-refractivity contribution is 5.91. The molecule has 4 nitrogen and oxygen atoms in total. The van der Waals surface area contributed by atoms with Gasteiger partial charge in [-0.2, -0.15) is 0 Å². The Kier molecular flexibility index (Phi) is 22.8. The molecule has 0 saturated heterocycles. The molecule has 0 spiro atoms. The molecule has 0 bridgehead atoms. The van der Waals surface area contributed by atoms with E-state index in [9.17, 15) is 9.59 Å². The van der Waals surface area contributed by atoms with Crippen LogP contribution in [0.2, 0.25) is 0 Å². The van der Waals surface area contributed by atoms with E-state index in [1.54, 1.807) is 0 Å². The zero-order valence-electron chi connectivity index (χ0n) is 29.1. The van der Waals surface area contributed by atoms with Gasteiger partial charge in [-0.3, -0.25) is 9.59 Å². The number of unbranched alkanes of at least 4 members (excludes halogenated alkanes) is 20. The second-order valence-corrected chi connectivity index (χ2v) is 13.2. The van der Waals surface area contributed by atoms with Crippen LogP contribution in [-0.2, 0) is 16.0 Å². The van der Waals surface area contributed by atoms with Gasteiger partial charge in [0, 0.05) is 24.2 Å². The molecule has 0 fully saturated rings. The molecule has 2 aromatic rings. The molecule has 0 aliphatic rings. The number of benzene rings is 2. The maximum absolute atomic E-state index is 12.4. The molecule has 0 unspecified atom stereocenters. The van der Waals surface area contributed by atoms with Crippen LogP contribution in [0.3, 0.4) is 0 Å². The minimum Gasteiger partial charge on any atom is -0.326 e. The third-order valence-corrected chi connectivity index (χ3v) is 8.90. The Morgan fingerprint density at radius 1 is 0.400 bits per heavy atom. The predicted octanol–water partition coefficient (Wildman–Crippen LogP) is 12.6. The highest BCUT2D eigenvalue weighted by atomic mass is 16.2. The molecule has 2 rings (SSSR count). The summed E-state index contributed by atoms with van der Waals surface area (Å²) in [6.07, 6.45) is 30.4. The average molecular weight is 619 g/mol. The van der Waals surface area contributed by atoms with Gasteiger partial charge in [-0.15, -0.1) is 0 Å². The summed E-state index contributed by atoms with van der Waals surface area (Å²) in [5.41, 5.74) is 4.13. The summed E-state index contributed by atoms with van der Waals surface area (Å²) in [7, 11) is 0. The molecule has 0 saturated carbocycles. The molecule has 45 heavy (non-hydrogen) atoms. The molecular weight excluding hydrogens is 552 g/mol. The number of anilines is 2. The topological polar surface area (TPSA) is 58.2 Å². The van der Waals surface area contributed by atoms with Crippen molar-refractivity contribution in [2.45, 2.75) is 174 Å². The van der Waals surface area contributed by atoms with Crippen LogP contribution in [0.4, 0.5) is 11.4 Å². The molecule has 2 aromatic carbocycles. The largest absolute Gasteiger partial charge is 0.326 e. The van der Waals surface area contributed by atoms with Gasteiger partial charge in [-0.1, -0.05) is 167 Å². The van der Waals surface area contributed by atoms with E-state index in [4.69, 9.17) is 0 Å². The summed E-state index contributed by atoms with van der Waals surface area (Å²) in [4.78, 5) is 24.7. The third kappa shape index (κ3) is 20.9. The van der Waals surface area contributed by atoms with Gasteiger partial charge >= 0.3 is 0 Å². The van der Waals surface area contributed by atoms with Gasteiger partial charge in [0.05, 0.1) is 0 Å². The Morgan fingerprint density at radius 3 is 0.956 bits per heavy atom. The molecule has 0 atom stereocenters. The molecule has 2 N–H and O–H groups in total. The molecule has 0 aliphatic carbocycles. The van der Waals surface area contributed by atoms with Crippen molar-refractivity contribution in [1.29, 1.82) is 0 Å². The van der Waals surface area contributed by atoms with Crippen LogP contribution in [0.15, 0.2) is 48.5 Å². The van der Waals surface area contributed by atoms with E-state index in [1.165, 1.54) is 127 Å². The molecule has 2 amide bonds. The third-order valence-electron chi connectivity index (χ3n) is 8.90. The van der Waals surface area contributed by atoms with Crippen LogP contribution in [0.1, 0.15) is 179 Å². The van der Waals surface area contributed by atoms with Crippen molar-refractivity contribution in [3.05, 3.63) is 59.7 Å². The first-order chi connectivity index (χ1) is 22.1. The average Bonchev–Trinajstić information content (AvgIpc) is 3.04. The number of amides is 2. The van der Waals surface area contributed by atoms with E-state index < -0.39 is 0 Å². The van der Waals surface area contributed by atoms with Gasteiger partial charge in [0.25, 0.3) is 0 Å². The summed E-state index contributed by atoms with van der Waals surface area (Å²) in [5.74, 6) is 0.222. The lowest BCUT2D eigenvalue weighted by Crippen LogP contribution is -2.11. The second kappa shape index (κ2) is 26.6. The number of hydrogen-bond donors (Lipinski definition) is 2. The standard InChI is InChI=1S/C41H66N2O2/c1-3-5-7-9-11-13-15-17-19-21-23-25-40(44)42-38-31-27-36(28-32-38)35-37-29-33-39(34-30-37)43-41(45)26-24-22-20-18-16-14-12-10-8-6-4-2/h27-34H,3-26,35H2,1-2H3,(H,42,44)(H,43,45). The zero-order chi connectivity index (χ0) is 32.2. The first-order valence-corrected chi connectivity index (χ1v) is 18.9. The predicted molar refractivity (Wildman–Crippen MR) is 195 cm³/mol. The number of carbonyl (C=O) groups excluding carboxylic acids is 2. The van der Waals surface area contributed by atoms with Crippen LogP contribution in [0.5, 0.6) is 0 Å². The van der Waals surface area contributed by atoms with E-state index in [-0.39, 0.29) is 11.8 Å². The lowest BCUT2D eigenvalue weighted by Gasteiger charge is -2.09. The molecule has 0 radical (unpaired) electrons. The summed E-state index contributed by atoms with van der Waals surface area (Å²) < 4.78 is 0. The van der Waals surface area contributed by atoms with Crippen molar-refractivity contribution in [3.63, 3.8) is 0 Å². The van der Waals surface area contributed by atoms with Gasteiger partial charge < -0.3 is 10.6 Å². The van der Waals surface area contributed by atoms with Crippen molar-refractivity contribution in [3.8, 4) is 0 Å². The molecule has 0 heterocycles. The Morgan fingerprint density at radius 2 is 0.667 bits per heavy atom. The van der Waals surface area contributed by atoms with Crippen molar-refractivity contribution in [1.82, 2.24) is 0 Å². The molecular formula is C41H66N2O2. The quantitative estimate of drug-likeness (QED) is 0.0932. The summed E-state index contributed by atoms with van der Waals surface area (Å²) >= 11 is 0. The first kappa shape index (κ1) is 38.6. The maximum Gasteiger partial charge on any atom is 0.224 e. The Bertz CT molecular complexity index is 918. The van der Waals surface area contributed by atoms with Crippen molar-refractivity contribution in [2.75, 3.05) is 10.6 Å². The van der Waals surface area contributed by atoms with Gasteiger partial charge in [0.1, 0.15) is 0 Å². The van der Waals surface area contributed by atoms with Gasteiger partial charge in [0.2, 0.25) is 11.8 Å². The second-order valence-electron chi connectivity index (χ2n) is 13.2. The normalized spacial score (nSPS) is 11.1. The summed E-state index contributed by atoms with van der Waals surface area (Å²) in [6, 6.07) is 16.3. The summed E-state index contributed by atoms with van der Waals surface area (Å²) in [5, 5.41) is 6.10. The van der Waals surface area contributed by atoms with E-state index in [0.29, 0.717) is 12.8 Å². The maximum atomic E-state index is 12.4. The van der Waals surface area contributed by atoms with E-state index in [0.717, 1.165) is 43.5 Å². The van der Waals surface area contributed by atoms with E-state index in [1.807, 2.05) is 24.3 Å². The fourth-order valence-electron chi connectivity index (χ4n) is 5.99. The Labute approximate surface area is 276 Å². The van der Waals surface area contributed by atoms with Crippen LogP contribution < -0.4 is 10.6 Å². The monoisotopic (exact) mass is 619 g/mol. The SMILES string of the molecule is CCCCCCCCCCCCCC(=O)Nc1ccc(Cc2ccc(NC(=O)CCCCCCCCCCCCC)cc2)cc1. The van der Waals surface area contributed by atoms with Crippen molar-refractivity contribution >= 4 is 23.2 Å². The summed E-state index contributed by atoms with van der Waals surface area (Å²) in [6.45, 7) is 4.53. The molecule has 4 heteroatoms. The minimum absolute atomic E-state index is 0.111. The fourth-order valence-corrected chi connectivity index (χ4v) is 5.99. The van der Waals surface area contributed by atoms with Gasteiger partial charge in [-0.05, 0) is 54.7 Å². The number of nitrogens with one attached hydrogen (secondary N) is 2. The first-order valence-electron chi connectivity index (χ1n) is 18.9. The van der Waals surface area contributed by atoms with Crippen LogP contribution in [-0.4, -0.2) is 11.8 Å². The lowest BCUT2D eigenvalue weighted by atomic mass is 10.0. The molecule has 0 aliphatic heterocycles. The van der Waals surface area contributed by atoms with Crippen LogP contribution >= 0.6 is 0 Å². The highest BCUT2D eigenvalue weighted by Crippen LogP contribution is 2.18. The number of hydrogen-bond acceptors (Lipinski definition) is 2. The Balaban J connectivity index is 1.52. The van der Waals surface area contributed by atoms with Gasteiger partial charge in [0.15, 0.2) is 0 Å². The van der Waals surface area contributed by atoms with E-state index in [2.05, 4.69) is 48.7 Å². The van der Waals surface area contributed by atoms with Crippen molar-refractivity contribution < 1.29 is 9.59 Å². The van der Waals surface area contributed by atoms with Gasteiger partial charge in [-0.25, -0.2) is 0 Å². The number of rotatable bonds is 28. The smallest absolute Gasteiger partial charge is 0.224 e. The highest BCUT2D eigenvalue weighted by Gasteiger charge is 2.05. The van der Waals surface area contributed by atoms with Crippen LogP contribution in [0.25, 0.3) is 0 Å². The molecule has 0 aromatic heterocycles. The zero-order valence-corrected chi connectivity index (χ0v) is 29.1. The Hall–Kier alpha value is -2.62. The molecule has 252 valence electrons. The van der Waals surface area contributed by atoms with Crippen molar-refractivity contribution in [2.24, 2.45) is 0 Å². The lowest BCUT2D eigenvalue weighted by molar-refractivity contribution is -0.117. The number of carbonyl (C=O) groups is 2. The van der Waals surface area contributed by atoms with E-state index >= 15 is 0 Å². The fraction of sp³-hybridized carbons (Fsp3) is 0.659. The minimum atomic E-state index is 0.111. The van der Waals surface area contributed by atoms with Crippen LogP contribution in [0, 0.1) is 0 Å².